The van der Waals surface area contributed by atoms with Crippen LogP contribution in [0.4, 0.5) is 30.2 Å². The van der Waals surface area contributed by atoms with Crippen molar-refractivity contribution in [2.75, 3.05) is 11.1 Å². The number of nitrogens with two attached hydrogens (primary N) is 1. The molecule has 0 unspecified atom stereocenters. The highest BCUT2D eigenvalue weighted by Gasteiger charge is 2.30. The highest BCUT2D eigenvalue weighted by molar-refractivity contribution is 9.11. The SMILES string of the molecule is Nc1cc(C(F)(F)F)ccc1Nc1cc(Br)ccc1Br. The monoisotopic (exact) mass is 408 g/mol. The molecule has 2 aromatic carbocycles. The van der Waals surface area contributed by atoms with E-state index in [-0.39, 0.29) is 5.69 Å². The molecule has 2 rings (SSSR count). The van der Waals surface area contributed by atoms with E-state index in [2.05, 4.69) is 37.2 Å². The largest absolute Gasteiger partial charge is 0.416 e. The van der Waals surface area contributed by atoms with E-state index in [1.54, 1.807) is 6.07 Å². The van der Waals surface area contributed by atoms with Gasteiger partial charge < -0.3 is 11.1 Å². The summed E-state index contributed by atoms with van der Waals surface area (Å²) in [5.74, 6) is 0. The van der Waals surface area contributed by atoms with Crippen molar-refractivity contribution >= 4 is 48.9 Å². The van der Waals surface area contributed by atoms with Gasteiger partial charge in [0.25, 0.3) is 0 Å². The number of nitrogens with one attached hydrogen (secondary N) is 1. The second-order valence-corrected chi connectivity index (χ2v) is 5.82. The summed E-state index contributed by atoms with van der Waals surface area (Å²) in [6.07, 6.45) is -4.40. The van der Waals surface area contributed by atoms with Crippen molar-refractivity contribution in [3.8, 4) is 0 Å². The molecule has 0 amide bonds. The molecule has 2 nitrogen and oxygen atoms in total. The Morgan fingerprint density at radius 2 is 1.65 bits per heavy atom. The number of rotatable bonds is 2. The quantitative estimate of drug-likeness (QED) is 0.637. The third-order valence-corrected chi connectivity index (χ3v) is 3.76. The summed E-state index contributed by atoms with van der Waals surface area (Å²) in [7, 11) is 0. The predicted molar refractivity (Wildman–Crippen MR) is 81.0 cm³/mol. The highest BCUT2D eigenvalue weighted by Crippen LogP contribution is 2.35. The molecule has 3 N–H and O–H groups in total. The molecule has 0 aliphatic rings. The molecule has 0 aliphatic heterocycles. The Hall–Kier alpha value is -1.21. The molecule has 20 heavy (non-hydrogen) atoms. The van der Waals surface area contributed by atoms with Gasteiger partial charge in [-0.1, -0.05) is 15.9 Å². The summed E-state index contributed by atoms with van der Waals surface area (Å²) < 4.78 is 39.3. The van der Waals surface area contributed by atoms with Gasteiger partial charge in [-0.2, -0.15) is 13.2 Å². The van der Waals surface area contributed by atoms with Crippen molar-refractivity contribution in [2.24, 2.45) is 0 Å². The van der Waals surface area contributed by atoms with Gasteiger partial charge >= 0.3 is 6.18 Å². The fraction of sp³-hybridized carbons (Fsp3) is 0.0769. The van der Waals surface area contributed by atoms with Crippen LogP contribution in [0.2, 0.25) is 0 Å². The van der Waals surface area contributed by atoms with E-state index in [1.807, 2.05) is 12.1 Å². The normalized spacial score (nSPS) is 11.4. The lowest BCUT2D eigenvalue weighted by Crippen LogP contribution is -2.06. The van der Waals surface area contributed by atoms with Crippen LogP contribution in [-0.2, 0) is 6.18 Å². The Balaban J connectivity index is 2.33. The van der Waals surface area contributed by atoms with E-state index in [4.69, 9.17) is 5.73 Å². The fourth-order valence-electron chi connectivity index (χ4n) is 1.59. The number of alkyl halides is 3. The molecule has 0 fully saturated rings. The van der Waals surface area contributed by atoms with Gasteiger partial charge in [-0.3, -0.25) is 0 Å². The molecule has 0 atom stereocenters. The van der Waals surface area contributed by atoms with E-state index in [9.17, 15) is 13.2 Å². The summed E-state index contributed by atoms with van der Waals surface area (Å²) in [6.45, 7) is 0. The first-order chi connectivity index (χ1) is 9.27. The zero-order chi connectivity index (χ0) is 14.9. The molecular weight excluding hydrogens is 401 g/mol. The summed E-state index contributed by atoms with van der Waals surface area (Å²) in [6, 6.07) is 8.66. The Bertz CT molecular complexity index is 642. The molecule has 0 saturated heterocycles. The van der Waals surface area contributed by atoms with Crippen LogP contribution in [0.5, 0.6) is 0 Å². The third kappa shape index (κ3) is 3.46. The van der Waals surface area contributed by atoms with E-state index >= 15 is 0 Å². The van der Waals surface area contributed by atoms with Crippen LogP contribution in [0.25, 0.3) is 0 Å². The molecule has 0 aromatic heterocycles. The summed E-state index contributed by atoms with van der Waals surface area (Å²) in [5.41, 5.74) is 6.04. The first-order valence-electron chi connectivity index (χ1n) is 5.46. The molecule has 0 saturated carbocycles. The molecule has 7 heteroatoms. The van der Waals surface area contributed by atoms with Gasteiger partial charge in [-0.05, 0) is 52.3 Å². The summed E-state index contributed by atoms with van der Waals surface area (Å²) >= 11 is 6.68. The predicted octanol–water partition coefficient (Wildman–Crippen LogP) is 5.56. The number of anilines is 3. The van der Waals surface area contributed by atoms with Crippen LogP contribution in [0, 0.1) is 0 Å². The fourth-order valence-corrected chi connectivity index (χ4v) is 2.30. The minimum Gasteiger partial charge on any atom is -0.397 e. The number of benzene rings is 2. The molecular formula is C13H9Br2F3N2. The lowest BCUT2D eigenvalue weighted by molar-refractivity contribution is -0.137. The van der Waals surface area contributed by atoms with Crippen molar-refractivity contribution < 1.29 is 13.2 Å². The molecule has 106 valence electrons. The van der Waals surface area contributed by atoms with Crippen molar-refractivity contribution in [3.05, 3.63) is 50.9 Å². The first kappa shape index (κ1) is 15.2. The van der Waals surface area contributed by atoms with Crippen molar-refractivity contribution in [1.82, 2.24) is 0 Å². The topological polar surface area (TPSA) is 38.0 Å². The Labute approximate surface area is 130 Å². The van der Waals surface area contributed by atoms with Gasteiger partial charge in [-0.25, -0.2) is 0 Å². The van der Waals surface area contributed by atoms with E-state index in [0.717, 1.165) is 21.1 Å². The maximum absolute atomic E-state index is 12.6. The van der Waals surface area contributed by atoms with Crippen molar-refractivity contribution in [2.45, 2.75) is 6.18 Å². The maximum atomic E-state index is 12.6. The van der Waals surface area contributed by atoms with Gasteiger partial charge in [0.1, 0.15) is 0 Å². The number of halogens is 5. The van der Waals surface area contributed by atoms with E-state index in [0.29, 0.717) is 11.4 Å². The Kier molecular flexibility index (Phi) is 4.29. The molecule has 2 aromatic rings. The van der Waals surface area contributed by atoms with Gasteiger partial charge in [0.2, 0.25) is 0 Å². The lowest BCUT2D eigenvalue weighted by atomic mass is 10.1. The average Bonchev–Trinajstić information content (AvgIpc) is 2.35. The van der Waals surface area contributed by atoms with Crippen molar-refractivity contribution in [1.29, 1.82) is 0 Å². The van der Waals surface area contributed by atoms with Crippen LogP contribution in [-0.4, -0.2) is 0 Å². The second kappa shape index (κ2) is 5.65. The lowest BCUT2D eigenvalue weighted by Gasteiger charge is -2.14. The first-order valence-corrected chi connectivity index (χ1v) is 7.05. The van der Waals surface area contributed by atoms with Crippen LogP contribution < -0.4 is 11.1 Å². The van der Waals surface area contributed by atoms with E-state index < -0.39 is 11.7 Å². The summed E-state index contributed by atoms with van der Waals surface area (Å²) in [5, 5.41) is 2.99. The standard InChI is InChI=1S/C13H9Br2F3N2/c14-8-2-3-9(15)12(6-8)20-11-4-1-7(5-10(11)19)13(16,17)18/h1-6,20H,19H2. The Morgan fingerprint density at radius 1 is 0.950 bits per heavy atom. The molecule has 0 bridgehead atoms. The molecule has 0 radical (unpaired) electrons. The molecule has 0 aliphatic carbocycles. The number of nitrogen functional groups attached to an aromatic ring is 1. The van der Waals surface area contributed by atoms with Crippen LogP contribution in [0.1, 0.15) is 5.56 Å². The van der Waals surface area contributed by atoms with Crippen LogP contribution in [0.3, 0.4) is 0 Å². The molecule has 0 spiro atoms. The average molecular weight is 410 g/mol. The maximum Gasteiger partial charge on any atom is 0.416 e. The molecule has 0 heterocycles. The van der Waals surface area contributed by atoms with Gasteiger partial charge in [-0.15, -0.1) is 0 Å². The summed E-state index contributed by atoms with van der Waals surface area (Å²) in [4.78, 5) is 0. The Morgan fingerprint density at radius 3 is 2.25 bits per heavy atom. The van der Waals surface area contributed by atoms with Crippen LogP contribution >= 0.6 is 31.9 Å². The zero-order valence-electron chi connectivity index (χ0n) is 9.93. The van der Waals surface area contributed by atoms with E-state index in [1.165, 1.54) is 6.07 Å². The van der Waals surface area contributed by atoms with Gasteiger partial charge in [0.05, 0.1) is 22.6 Å². The highest BCUT2D eigenvalue weighted by atomic mass is 79.9. The second-order valence-electron chi connectivity index (χ2n) is 4.05. The van der Waals surface area contributed by atoms with Gasteiger partial charge in [0, 0.05) is 8.95 Å². The van der Waals surface area contributed by atoms with Crippen molar-refractivity contribution in [3.63, 3.8) is 0 Å². The smallest absolute Gasteiger partial charge is 0.397 e. The number of hydrogen-bond donors (Lipinski definition) is 2. The minimum absolute atomic E-state index is 0.0340. The minimum atomic E-state index is -4.40. The third-order valence-electron chi connectivity index (χ3n) is 2.58. The number of hydrogen-bond acceptors (Lipinski definition) is 2. The van der Waals surface area contributed by atoms with Gasteiger partial charge in [0.15, 0.2) is 0 Å². The zero-order valence-corrected chi connectivity index (χ0v) is 13.1. The van der Waals surface area contributed by atoms with Crippen LogP contribution in [0.15, 0.2) is 45.3 Å².